The molecule has 0 radical (unpaired) electrons. The molecule has 29 heavy (non-hydrogen) atoms. The third-order valence-electron chi connectivity index (χ3n) is 5.60. The van der Waals surface area contributed by atoms with Crippen LogP contribution in [0.1, 0.15) is 44.6 Å². The molecule has 0 saturated carbocycles. The molecule has 2 fully saturated rings. The normalized spacial score (nSPS) is 24.7. The number of benzene rings is 1. The molecule has 2 saturated heterocycles. The molecule has 3 rings (SSSR count). The summed E-state index contributed by atoms with van der Waals surface area (Å²) in [4.78, 5) is 39.2. The summed E-state index contributed by atoms with van der Waals surface area (Å²) < 4.78 is 5.33. The Balaban J connectivity index is 1.50. The third-order valence-corrected chi connectivity index (χ3v) is 5.60. The minimum atomic E-state index is -0.795. The molecule has 3 unspecified atom stereocenters. The van der Waals surface area contributed by atoms with Crippen molar-refractivity contribution in [1.82, 2.24) is 15.5 Å². The van der Waals surface area contributed by atoms with E-state index in [0.717, 1.165) is 32.1 Å². The van der Waals surface area contributed by atoms with Crippen molar-refractivity contribution in [2.45, 2.75) is 63.6 Å². The molecule has 1 aromatic rings. The van der Waals surface area contributed by atoms with E-state index >= 15 is 0 Å². The standard InChI is InChI=1S/C22H31N3O4/c1-16-7-5-11-18(24-16)22(28)25-13-12-23-21(27)19(25)15-20(26)29-14-6-10-17-8-3-2-4-9-17/h2-4,8-9,16,18-19,24H,5-7,10-15H2,1H3,(H,23,27). The topological polar surface area (TPSA) is 87.7 Å². The summed E-state index contributed by atoms with van der Waals surface area (Å²) in [6, 6.07) is 9.22. The van der Waals surface area contributed by atoms with Gasteiger partial charge in [0.25, 0.3) is 0 Å². The molecule has 3 atom stereocenters. The van der Waals surface area contributed by atoms with E-state index in [1.807, 2.05) is 30.3 Å². The van der Waals surface area contributed by atoms with E-state index in [-0.39, 0.29) is 30.3 Å². The number of carbonyl (C=O) groups is 3. The van der Waals surface area contributed by atoms with Gasteiger partial charge in [-0.05, 0) is 44.6 Å². The van der Waals surface area contributed by atoms with Crippen LogP contribution in [0.4, 0.5) is 0 Å². The molecular weight excluding hydrogens is 370 g/mol. The Hall–Kier alpha value is -2.41. The SMILES string of the molecule is CC1CCCC(C(=O)N2CCNC(=O)C2CC(=O)OCCCc2ccccc2)N1. The van der Waals surface area contributed by atoms with Crippen molar-refractivity contribution in [1.29, 1.82) is 0 Å². The Morgan fingerprint density at radius 2 is 2.00 bits per heavy atom. The van der Waals surface area contributed by atoms with Gasteiger partial charge in [0.15, 0.2) is 0 Å². The maximum atomic E-state index is 13.0. The van der Waals surface area contributed by atoms with Gasteiger partial charge in [-0.25, -0.2) is 0 Å². The number of rotatable bonds is 7. The van der Waals surface area contributed by atoms with Crippen LogP contribution in [0.5, 0.6) is 0 Å². The molecule has 2 amide bonds. The molecule has 7 heteroatoms. The molecule has 0 aromatic heterocycles. The van der Waals surface area contributed by atoms with Crippen LogP contribution in [0.3, 0.4) is 0 Å². The first-order valence-electron chi connectivity index (χ1n) is 10.6. The number of nitrogens with zero attached hydrogens (tertiary/aromatic N) is 1. The summed E-state index contributed by atoms with van der Waals surface area (Å²) in [5.74, 6) is -0.814. The molecule has 7 nitrogen and oxygen atoms in total. The molecule has 2 N–H and O–H groups in total. The summed E-state index contributed by atoms with van der Waals surface area (Å²) in [7, 11) is 0. The summed E-state index contributed by atoms with van der Waals surface area (Å²) in [5, 5.41) is 6.08. The second-order valence-electron chi connectivity index (χ2n) is 7.90. The second kappa shape index (κ2) is 10.4. The molecule has 1 aromatic carbocycles. The van der Waals surface area contributed by atoms with Gasteiger partial charge in [-0.3, -0.25) is 14.4 Å². The van der Waals surface area contributed by atoms with E-state index in [4.69, 9.17) is 4.74 Å². The zero-order chi connectivity index (χ0) is 20.6. The minimum Gasteiger partial charge on any atom is -0.466 e. The van der Waals surface area contributed by atoms with Gasteiger partial charge in [0, 0.05) is 19.1 Å². The highest BCUT2D eigenvalue weighted by atomic mass is 16.5. The lowest BCUT2D eigenvalue weighted by atomic mass is 9.97. The number of piperidine rings is 1. The fraction of sp³-hybridized carbons (Fsp3) is 0.591. The molecule has 2 aliphatic heterocycles. The Bertz CT molecular complexity index is 709. The van der Waals surface area contributed by atoms with Crippen molar-refractivity contribution < 1.29 is 19.1 Å². The van der Waals surface area contributed by atoms with E-state index in [9.17, 15) is 14.4 Å². The highest BCUT2D eigenvalue weighted by molar-refractivity contribution is 5.93. The maximum absolute atomic E-state index is 13.0. The Morgan fingerprint density at radius 1 is 1.21 bits per heavy atom. The van der Waals surface area contributed by atoms with Crippen LogP contribution < -0.4 is 10.6 Å². The number of carbonyl (C=O) groups excluding carboxylic acids is 3. The van der Waals surface area contributed by atoms with Crippen LogP contribution in [0.25, 0.3) is 0 Å². The van der Waals surface area contributed by atoms with Crippen molar-refractivity contribution in [3.8, 4) is 0 Å². The second-order valence-corrected chi connectivity index (χ2v) is 7.90. The van der Waals surface area contributed by atoms with E-state index in [0.29, 0.717) is 19.7 Å². The van der Waals surface area contributed by atoms with Crippen LogP contribution in [0.15, 0.2) is 30.3 Å². The van der Waals surface area contributed by atoms with Crippen LogP contribution >= 0.6 is 0 Å². The number of esters is 1. The number of ether oxygens (including phenoxy) is 1. The molecule has 0 aliphatic carbocycles. The van der Waals surface area contributed by atoms with Gasteiger partial charge in [0.05, 0.1) is 19.1 Å². The Labute approximate surface area is 172 Å². The van der Waals surface area contributed by atoms with Gasteiger partial charge in [-0.1, -0.05) is 30.3 Å². The largest absolute Gasteiger partial charge is 0.466 e. The van der Waals surface area contributed by atoms with Crippen molar-refractivity contribution >= 4 is 17.8 Å². The summed E-state index contributed by atoms with van der Waals surface area (Å²) in [6.45, 7) is 3.20. The van der Waals surface area contributed by atoms with Gasteiger partial charge >= 0.3 is 5.97 Å². The number of hydrogen-bond donors (Lipinski definition) is 2. The van der Waals surface area contributed by atoms with Gasteiger partial charge in [-0.2, -0.15) is 0 Å². The van der Waals surface area contributed by atoms with E-state index in [2.05, 4.69) is 17.6 Å². The van der Waals surface area contributed by atoms with Gasteiger partial charge in [0.2, 0.25) is 11.8 Å². The van der Waals surface area contributed by atoms with Crippen molar-refractivity contribution in [3.05, 3.63) is 35.9 Å². The predicted octanol–water partition coefficient (Wildman–Crippen LogP) is 1.41. The maximum Gasteiger partial charge on any atom is 0.308 e. The Morgan fingerprint density at radius 3 is 2.76 bits per heavy atom. The summed E-state index contributed by atoms with van der Waals surface area (Å²) in [5.41, 5.74) is 1.20. The lowest BCUT2D eigenvalue weighted by molar-refractivity contribution is -0.152. The third kappa shape index (κ3) is 6.03. The van der Waals surface area contributed by atoms with Gasteiger partial charge in [0.1, 0.15) is 6.04 Å². The summed E-state index contributed by atoms with van der Waals surface area (Å²) in [6.07, 6.45) is 4.23. The molecule has 158 valence electrons. The fourth-order valence-corrected chi connectivity index (χ4v) is 4.04. The first-order valence-corrected chi connectivity index (χ1v) is 10.6. The lowest BCUT2D eigenvalue weighted by Gasteiger charge is -2.38. The first kappa shape index (κ1) is 21.3. The van der Waals surface area contributed by atoms with E-state index in [1.165, 1.54) is 5.56 Å². The number of aryl methyl sites for hydroxylation is 1. The van der Waals surface area contributed by atoms with Crippen LogP contribution in [0, 0.1) is 0 Å². The van der Waals surface area contributed by atoms with Crippen molar-refractivity contribution in [2.75, 3.05) is 19.7 Å². The quantitative estimate of drug-likeness (QED) is 0.533. The van der Waals surface area contributed by atoms with Crippen LogP contribution in [0.2, 0.25) is 0 Å². The van der Waals surface area contributed by atoms with E-state index < -0.39 is 12.0 Å². The zero-order valence-electron chi connectivity index (χ0n) is 17.1. The molecule has 2 aliphatic rings. The summed E-state index contributed by atoms with van der Waals surface area (Å²) >= 11 is 0. The minimum absolute atomic E-state index is 0.0896. The molecule has 0 bridgehead atoms. The van der Waals surface area contributed by atoms with Gasteiger partial charge < -0.3 is 20.3 Å². The number of hydrogen-bond acceptors (Lipinski definition) is 5. The average Bonchev–Trinajstić information content (AvgIpc) is 2.73. The first-order chi connectivity index (χ1) is 14.0. The highest BCUT2D eigenvalue weighted by Crippen LogP contribution is 2.18. The van der Waals surface area contributed by atoms with Crippen molar-refractivity contribution in [2.24, 2.45) is 0 Å². The highest BCUT2D eigenvalue weighted by Gasteiger charge is 2.38. The number of piperazine rings is 1. The van der Waals surface area contributed by atoms with Crippen molar-refractivity contribution in [3.63, 3.8) is 0 Å². The van der Waals surface area contributed by atoms with Gasteiger partial charge in [-0.15, -0.1) is 0 Å². The van der Waals surface area contributed by atoms with Crippen LogP contribution in [-0.2, 0) is 25.5 Å². The zero-order valence-corrected chi connectivity index (χ0v) is 17.1. The number of nitrogens with one attached hydrogen (secondary N) is 2. The lowest BCUT2D eigenvalue weighted by Crippen LogP contribution is -2.62. The number of amides is 2. The Kier molecular flexibility index (Phi) is 7.63. The van der Waals surface area contributed by atoms with E-state index in [1.54, 1.807) is 4.90 Å². The molecule has 2 heterocycles. The molecule has 0 spiro atoms. The average molecular weight is 402 g/mol. The van der Waals surface area contributed by atoms with Crippen LogP contribution in [-0.4, -0.2) is 60.5 Å². The predicted molar refractivity (Wildman–Crippen MR) is 109 cm³/mol. The molecular formula is C22H31N3O4. The monoisotopic (exact) mass is 401 g/mol. The smallest absolute Gasteiger partial charge is 0.308 e. The fourth-order valence-electron chi connectivity index (χ4n) is 4.04.